The van der Waals surface area contributed by atoms with Gasteiger partial charge in [-0.1, -0.05) is 6.42 Å². The van der Waals surface area contributed by atoms with Crippen molar-refractivity contribution in [1.29, 1.82) is 0 Å². The number of carboxylic acid groups (broad SMARTS) is 2. The van der Waals surface area contributed by atoms with E-state index in [1.165, 1.54) is 0 Å². The van der Waals surface area contributed by atoms with Crippen molar-refractivity contribution in [3.05, 3.63) is 0 Å². The van der Waals surface area contributed by atoms with Gasteiger partial charge in [-0.25, -0.2) is 0 Å². The van der Waals surface area contributed by atoms with E-state index < -0.39 is 11.9 Å². The van der Waals surface area contributed by atoms with E-state index in [9.17, 15) is 9.59 Å². The third kappa shape index (κ3) is 3.81. The zero-order valence-electron chi connectivity index (χ0n) is 9.56. The summed E-state index contributed by atoms with van der Waals surface area (Å²) < 4.78 is 0. The number of hydrogen-bond acceptors (Lipinski definition) is 3. The third-order valence-electron chi connectivity index (χ3n) is 3.24. The molecule has 0 spiro atoms. The lowest BCUT2D eigenvalue weighted by atomic mass is 9.86. The van der Waals surface area contributed by atoms with Gasteiger partial charge < -0.3 is 15.1 Å². The van der Waals surface area contributed by atoms with Gasteiger partial charge in [0.15, 0.2) is 0 Å². The Kier molecular flexibility index (Phi) is 4.73. The highest BCUT2D eigenvalue weighted by molar-refractivity contribution is 5.71. The van der Waals surface area contributed by atoms with Crippen LogP contribution in [0.25, 0.3) is 0 Å². The quantitative estimate of drug-likeness (QED) is 0.736. The van der Waals surface area contributed by atoms with Gasteiger partial charge in [-0.3, -0.25) is 9.59 Å². The van der Waals surface area contributed by atoms with Crippen molar-refractivity contribution in [2.75, 3.05) is 13.6 Å². The lowest BCUT2D eigenvalue weighted by Gasteiger charge is -2.37. The summed E-state index contributed by atoms with van der Waals surface area (Å²) in [6, 6.07) is 0.0981. The van der Waals surface area contributed by atoms with E-state index in [-0.39, 0.29) is 24.8 Å². The van der Waals surface area contributed by atoms with Crippen LogP contribution in [0.1, 0.15) is 32.1 Å². The maximum atomic E-state index is 10.7. The molecule has 1 saturated heterocycles. The van der Waals surface area contributed by atoms with E-state index in [4.69, 9.17) is 10.2 Å². The fourth-order valence-electron chi connectivity index (χ4n) is 2.49. The maximum absolute atomic E-state index is 10.7. The molecule has 1 aliphatic rings. The molecule has 5 heteroatoms. The van der Waals surface area contributed by atoms with Gasteiger partial charge in [-0.05, 0) is 32.4 Å². The summed E-state index contributed by atoms with van der Waals surface area (Å²) in [5.74, 6) is -2.10. The van der Waals surface area contributed by atoms with Gasteiger partial charge >= 0.3 is 11.9 Å². The van der Waals surface area contributed by atoms with Crippen LogP contribution in [0.2, 0.25) is 0 Å². The average Bonchev–Trinajstić information content (AvgIpc) is 2.15. The molecule has 1 unspecified atom stereocenters. The summed E-state index contributed by atoms with van der Waals surface area (Å²) in [6.45, 7) is 0.931. The van der Waals surface area contributed by atoms with Crippen molar-refractivity contribution in [1.82, 2.24) is 4.90 Å². The number of carboxylic acids is 2. The van der Waals surface area contributed by atoms with E-state index in [1.807, 2.05) is 7.05 Å². The average molecular weight is 229 g/mol. The van der Waals surface area contributed by atoms with Crippen LogP contribution in [0, 0.1) is 5.92 Å². The molecule has 16 heavy (non-hydrogen) atoms. The second-order valence-corrected chi connectivity index (χ2v) is 4.50. The number of rotatable bonds is 5. The summed E-state index contributed by atoms with van der Waals surface area (Å²) in [4.78, 5) is 23.6. The molecule has 5 nitrogen and oxygen atoms in total. The fourth-order valence-corrected chi connectivity index (χ4v) is 2.49. The Labute approximate surface area is 95.1 Å². The first kappa shape index (κ1) is 13.0. The zero-order chi connectivity index (χ0) is 12.1. The van der Waals surface area contributed by atoms with Gasteiger partial charge in [-0.15, -0.1) is 0 Å². The number of hydrogen-bond donors (Lipinski definition) is 2. The van der Waals surface area contributed by atoms with Crippen LogP contribution in [0.5, 0.6) is 0 Å². The summed E-state index contributed by atoms with van der Waals surface area (Å²) in [5.41, 5.74) is 0. The number of piperidine rings is 1. The number of likely N-dealkylation sites (tertiary alicyclic amines) is 1. The standard InChI is InChI=1S/C11H19NO4/c1-12-5-3-2-4-9(12)8(6-10(13)14)7-11(15)16/h8-9H,2-7H2,1H3,(H,13,14)(H,15,16). The Morgan fingerprint density at radius 3 is 2.25 bits per heavy atom. The van der Waals surface area contributed by atoms with Crippen LogP contribution in [0.3, 0.4) is 0 Å². The molecule has 0 aromatic heterocycles. The second-order valence-electron chi connectivity index (χ2n) is 4.50. The molecule has 0 radical (unpaired) electrons. The van der Waals surface area contributed by atoms with Crippen molar-refractivity contribution < 1.29 is 19.8 Å². The third-order valence-corrected chi connectivity index (χ3v) is 3.24. The van der Waals surface area contributed by atoms with Gasteiger partial charge in [0, 0.05) is 6.04 Å². The summed E-state index contributed by atoms with van der Waals surface area (Å²) in [5, 5.41) is 17.6. The maximum Gasteiger partial charge on any atom is 0.303 e. The molecule has 2 N–H and O–H groups in total. The fraction of sp³-hybridized carbons (Fsp3) is 0.818. The Bertz CT molecular complexity index is 251. The Hall–Kier alpha value is -1.10. The van der Waals surface area contributed by atoms with Crippen molar-refractivity contribution >= 4 is 11.9 Å². The van der Waals surface area contributed by atoms with Crippen LogP contribution < -0.4 is 0 Å². The monoisotopic (exact) mass is 229 g/mol. The Morgan fingerprint density at radius 2 is 1.81 bits per heavy atom. The molecular formula is C11H19NO4. The van der Waals surface area contributed by atoms with Gasteiger partial charge in [-0.2, -0.15) is 0 Å². The van der Waals surface area contributed by atoms with E-state index in [1.54, 1.807) is 0 Å². The van der Waals surface area contributed by atoms with Crippen molar-refractivity contribution in [3.63, 3.8) is 0 Å². The van der Waals surface area contributed by atoms with Crippen LogP contribution >= 0.6 is 0 Å². The molecule has 1 fully saturated rings. The molecule has 1 rings (SSSR count). The van der Waals surface area contributed by atoms with Crippen LogP contribution in [0.4, 0.5) is 0 Å². The molecular weight excluding hydrogens is 210 g/mol. The summed E-state index contributed by atoms with van der Waals surface area (Å²) >= 11 is 0. The minimum Gasteiger partial charge on any atom is -0.481 e. The number of nitrogens with zero attached hydrogens (tertiary/aromatic N) is 1. The van der Waals surface area contributed by atoms with Gasteiger partial charge in [0.25, 0.3) is 0 Å². The van der Waals surface area contributed by atoms with E-state index in [0.717, 1.165) is 25.8 Å². The summed E-state index contributed by atoms with van der Waals surface area (Å²) in [7, 11) is 1.94. The molecule has 0 aromatic rings. The SMILES string of the molecule is CN1CCCCC1C(CC(=O)O)CC(=O)O. The van der Waals surface area contributed by atoms with Crippen LogP contribution in [0.15, 0.2) is 0 Å². The molecule has 0 aliphatic carbocycles. The molecule has 0 saturated carbocycles. The largest absolute Gasteiger partial charge is 0.481 e. The van der Waals surface area contributed by atoms with Gasteiger partial charge in [0.1, 0.15) is 0 Å². The first-order valence-electron chi connectivity index (χ1n) is 5.64. The lowest BCUT2D eigenvalue weighted by molar-refractivity contribution is -0.141. The smallest absolute Gasteiger partial charge is 0.303 e. The first-order chi connectivity index (χ1) is 7.50. The minimum atomic E-state index is -0.912. The molecule has 1 heterocycles. The van der Waals surface area contributed by atoms with Crippen molar-refractivity contribution in [2.45, 2.75) is 38.1 Å². The highest BCUT2D eigenvalue weighted by Gasteiger charge is 2.30. The van der Waals surface area contributed by atoms with Gasteiger partial charge in [0.2, 0.25) is 0 Å². The number of carbonyl (C=O) groups is 2. The van der Waals surface area contributed by atoms with Crippen LogP contribution in [-0.2, 0) is 9.59 Å². The molecule has 0 amide bonds. The Morgan fingerprint density at radius 1 is 1.25 bits per heavy atom. The highest BCUT2D eigenvalue weighted by atomic mass is 16.4. The normalized spacial score (nSPS) is 22.2. The number of aliphatic carboxylic acids is 2. The minimum absolute atomic E-state index is 0.0543. The topological polar surface area (TPSA) is 77.8 Å². The molecule has 1 aliphatic heterocycles. The van der Waals surface area contributed by atoms with Crippen molar-refractivity contribution in [2.24, 2.45) is 5.92 Å². The molecule has 0 aromatic carbocycles. The Balaban J connectivity index is 2.65. The van der Waals surface area contributed by atoms with E-state index in [2.05, 4.69) is 4.90 Å². The molecule has 0 bridgehead atoms. The summed E-state index contributed by atoms with van der Waals surface area (Å²) in [6.07, 6.45) is 2.97. The van der Waals surface area contributed by atoms with E-state index in [0.29, 0.717) is 0 Å². The highest BCUT2D eigenvalue weighted by Crippen LogP contribution is 2.26. The van der Waals surface area contributed by atoms with Crippen LogP contribution in [-0.4, -0.2) is 46.7 Å². The molecule has 92 valence electrons. The predicted molar refractivity (Wildman–Crippen MR) is 58.3 cm³/mol. The molecule has 1 atom stereocenters. The first-order valence-corrected chi connectivity index (χ1v) is 5.64. The lowest BCUT2D eigenvalue weighted by Crippen LogP contribution is -2.43. The van der Waals surface area contributed by atoms with E-state index >= 15 is 0 Å². The predicted octanol–water partition coefficient (Wildman–Crippen LogP) is 1.04. The second kappa shape index (κ2) is 5.84. The van der Waals surface area contributed by atoms with Crippen molar-refractivity contribution in [3.8, 4) is 0 Å². The zero-order valence-corrected chi connectivity index (χ0v) is 9.56. The van der Waals surface area contributed by atoms with Gasteiger partial charge in [0.05, 0.1) is 12.8 Å².